The summed E-state index contributed by atoms with van der Waals surface area (Å²) in [5, 5.41) is 2.78. The van der Waals surface area contributed by atoms with E-state index in [-0.39, 0.29) is 6.54 Å². The van der Waals surface area contributed by atoms with E-state index in [2.05, 4.69) is 21.9 Å². The smallest absolute Gasteiger partial charge is 0.110 e. The second-order valence-corrected chi connectivity index (χ2v) is 2.39. The molecule has 0 unspecified atom stereocenters. The van der Waals surface area contributed by atoms with Gasteiger partial charge >= 0.3 is 0 Å². The summed E-state index contributed by atoms with van der Waals surface area (Å²) in [4.78, 5) is 10.0. The molecule has 76 valence electrons. The van der Waals surface area contributed by atoms with Crippen LogP contribution in [0.5, 0.6) is 0 Å². The molecule has 0 aliphatic rings. The second kappa shape index (κ2) is 9.49. The van der Waals surface area contributed by atoms with Gasteiger partial charge in [0.2, 0.25) is 0 Å². The van der Waals surface area contributed by atoms with E-state index < -0.39 is 0 Å². The van der Waals surface area contributed by atoms with Crippen LogP contribution in [-0.2, 0) is 4.74 Å². The number of nitrogens with zero attached hydrogens (tertiary/aromatic N) is 1. The van der Waals surface area contributed by atoms with Crippen molar-refractivity contribution in [3.63, 3.8) is 0 Å². The molecule has 0 spiro atoms. The van der Waals surface area contributed by atoms with Crippen LogP contribution in [0.15, 0.2) is 29.0 Å². The fourth-order valence-corrected chi connectivity index (χ4v) is 0.794. The molecule has 0 radical (unpaired) electrons. The molecule has 0 saturated heterocycles. The third-order valence-electron chi connectivity index (χ3n) is 1.35. The summed E-state index contributed by atoms with van der Waals surface area (Å²) in [7, 11) is 1.51. The monoisotopic (exact) mass is 194 g/mol. The molecule has 0 rings (SSSR count). The van der Waals surface area contributed by atoms with Gasteiger partial charge in [0, 0.05) is 13.0 Å². The van der Waals surface area contributed by atoms with Gasteiger partial charge in [-0.1, -0.05) is 29.3 Å². The lowest BCUT2D eigenvalue weighted by Crippen LogP contribution is -1.96. The Hall–Kier alpha value is -1.60. The summed E-state index contributed by atoms with van der Waals surface area (Å²) in [5.41, 5.74) is 6.12. The number of methoxy groups -OCH3 is 1. The van der Waals surface area contributed by atoms with Crippen molar-refractivity contribution in [2.24, 2.45) is 10.9 Å². The molecule has 0 fully saturated rings. The molecule has 0 aromatic rings. The maximum atomic E-state index is 10.0. The van der Waals surface area contributed by atoms with Crippen LogP contribution < -0.4 is 5.73 Å². The molecule has 14 heavy (non-hydrogen) atoms. The van der Waals surface area contributed by atoms with Crippen molar-refractivity contribution in [3.05, 3.63) is 28.7 Å². The molecule has 0 bridgehead atoms. The highest BCUT2D eigenvalue weighted by Crippen LogP contribution is 1.97. The number of allylic oxidation sites excluding steroid dienone is 1. The Balaban J connectivity index is 4.02. The number of ether oxygens (including phenoxy) is 1. The summed E-state index contributed by atoms with van der Waals surface area (Å²) in [5.74, 6) is 2.75. The van der Waals surface area contributed by atoms with E-state index in [1.54, 1.807) is 12.2 Å². The molecule has 0 saturated carbocycles. The maximum absolute atomic E-state index is 10.0. The van der Waals surface area contributed by atoms with Gasteiger partial charge in [-0.25, -0.2) is 0 Å². The van der Waals surface area contributed by atoms with Crippen molar-refractivity contribution in [2.45, 2.75) is 6.42 Å². The first-order valence-corrected chi connectivity index (χ1v) is 4.20. The molecule has 0 atom stereocenters. The minimum Gasteiger partial charge on any atom is -0.450 e. The highest BCUT2D eigenvalue weighted by Gasteiger charge is 1.89. The largest absolute Gasteiger partial charge is 0.450 e. The van der Waals surface area contributed by atoms with Gasteiger partial charge in [-0.05, 0) is 5.57 Å². The van der Waals surface area contributed by atoms with Crippen molar-refractivity contribution in [3.8, 4) is 12.0 Å². The first-order chi connectivity index (χ1) is 6.85. The molecule has 0 aromatic heterocycles. The Bertz CT molecular complexity index is 272. The molecule has 0 aromatic carbocycles. The quantitative estimate of drug-likeness (QED) is 0.406. The SMILES string of the molecule is COC#CC/C=C\C(=C/CN)CN=O. The van der Waals surface area contributed by atoms with Crippen LogP contribution in [0.1, 0.15) is 6.42 Å². The van der Waals surface area contributed by atoms with E-state index in [1.807, 2.05) is 6.08 Å². The van der Waals surface area contributed by atoms with Crippen LogP contribution in [-0.4, -0.2) is 20.2 Å². The van der Waals surface area contributed by atoms with Crippen LogP contribution in [0, 0.1) is 16.9 Å². The number of hydrogen-bond acceptors (Lipinski definition) is 4. The molecule has 4 nitrogen and oxygen atoms in total. The lowest BCUT2D eigenvalue weighted by Gasteiger charge is -1.92. The maximum Gasteiger partial charge on any atom is 0.110 e. The van der Waals surface area contributed by atoms with E-state index >= 15 is 0 Å². The van der Waals surface area contributed by atoms with E-state index in [0.29, 0.717) is 13.0 Å². The molecule has 0 aliphatic carbocycles. The summed E-state index contributed by atoms with van der Waals surface area (Å²) in [6.45, 7) is 0.546. The van der Waals surface area contributed by atoms with Crippen molar-refractivity contribution in [1.29, 1.82) is 0 Å². The third kappa shape index (κ3) is 7.07. The topological polar surface area (TPSA) is 64.7 Å². The predicted molar refractivity (Wildman–Crippen MR) is 56.3 cm³/mol. The molecule has 2 N–H and O–H groups in total. The van der Waals surface area contributed by atoms with E-state index in [9.17, 15) is 4.91 Å². The Kier molecular flexibility index (Phi) is 8.40. The minimum atomic E-state index is 0.144. The summed E-state index contributed by atoms with van der Waals surface area (Å²) in [6.07, 6.45) is 8.41. The lowest BCUT2D eigenvalue weighted by molar-refractivity contribution is 0.372. The van der Waals surface area contributed by atoms with Gasteiger partial charge in [-0.15, -0.1) is 0 Å². The standard InChI is InChI=1S/C10H14N2O2/c1-14-8-4-2-3-5-10(6-7-11)9-12-13/h3,5-6H,2,7,9,11H2,1H3/b5-3-,10-6+. The van der Waals surface area contributed by atoms with E-state index in [1.165, 1.54) is 7.11 Å². The second-order valence-electron chi connectivity index (χ2n) is 2.39. The fraction of sp³-hybridized carbons (Fsp3) is 0.400. The third-order valence-corrected chi connectivity index (χ3v) is 1.35. The first kappa shape index (κ1) is 12.4. The average Bonchev–Trinajstić information content (AvgIpc) is 2.18. The summed E-state index contributed by atoms with van der Waals surface area (Å²) < 4.78 is 4.55. The zero-order valence-electron chi connectivity index (χ0n) is 8.19. The number of rotatable bonds is 5. The van der Waals surface area contributed by atoms with Crippen LogP contribution in [0.4, 0.5) is 0 Å². The van der Waals surface area contributed by atoms with Crippen LogP contribution in [0.25, 0.3) is 0 Å². The summed E-state index contributed by atoms with van der Waals surface area (Å²) >= 11 is 0. The Morgan fingerprint density at radius 3 is 3.00 bits per heavy atom. The summed E-state index contributed by atoms with van der Waals surface area (Å²) in [6, 6.07) is 0. The van der Waals surface area contributed by atoms with Crippen LogP contribution in [0.2, 0.25) is 0 Å². The van der Waals surface area contributed by atoms with Gasteiger partial charge in [-0.2, -0.15) is 4.91 Å². The van der Waals surface area contributed by atoms with Crippen LogP contribution >= 0.6 is 0 Å². The zero-order valence-corrected chi connectivity index (χ0v) is 8.19. The van der Waals surface area contributed by atoms with E-state index in [0.717, 1.165) is 5.57 Å². The highest BCUT2D eigenvalue weighted by atomic mass is 16.5. The van der Waals surface area contributed by atoms with Crippen LogP contribution in [0.3, 0.4) is 0 Å². The lowest BCUT2D eigenvalue weighted by atomic mass is 10.2. The van der Waals surface area contributed by atoms with Gasteiger partial charge in [0.15, 0.2) is 0 Å². The number of nitrogens with two attached hydrogens (primary N) is 1. The Morgan fingerprint density at radius 1 is 1.64 bits per heavy atom. The van der Waals surface area contributed by atoms with E-state index in [4.69, 9.17) is 5.73 Å². The van der Waals surface area contributed by atoms with Gasteiger partial charge in [0.1, 0.15) is 12.7 Å². The molecular formula is C10H14N2O2. The zero-order chi connectivity index (χ0) is 10.6. The highest BCUT2D eigenvalue weighted by molar-refractivity contribution is 5.21. The predicted octanol–water partition coefficient (Wildman–Crippen LogP) is 1.19. The molecular weight excluding hydrogens is 180 g/mol. The van der Waals surface area contributed by atoms with Gasteiger partial charge in [-0.3, -0.25) is 0 Å². The fourth-order valence-electron chi connectivity index (χ4n) is 0.794. The Labute approximate surface area is 83.8 Å². The van der Waals surface area contributed by atoms with Gasteiger partial charge < -0.3 is 10.5 Å². The van der Waals surface area contributed by atoms with Crippen molar-refractivity contribution >= 4 is 0 Å². The minimum absolute atomic E-state index is 0.144. The average molecular weight is 194 g/mol. The molecule has 0 amide bonds. The normalized spacial score (nSPS) is 10.9. The number of hydrogen-bond donors (Lipinski definition) is 1. The molecule has 0 aliphatic heterocycles. The van der Waals surface area contributed by atoms with Crippen molar-refractivity contribution in [2.75, 3.05) is 20.2 Å². The molecule has 0 heterocycles. The van der Waals surface area contributed by atoms with Gasteiger partial charge in [0.05, 0.1) is 7.11 Å². The van der Waals surface area contributed by atoms with Crippen molar-refractivity contribution < 1.29 is 4.74 Å². The van der Waals surface area contributed by atoms with Gasteiger partial charge in [0.25, 0.3) is 0 Å². The molecule has 4 heteroatoms. The first-order valence-electron chi connectivity index (χ1n) is 4.20. The van der Waals surface area contributed by atoms with Crippen molar-refractivity contribution in [1.82, 2.24) is 0 Å². The Morgan fingerprint density at radius 2 is 2.43 bits per heavy atom. The number of nitroso groups, excluding NO2 is 1.